The monoisotopic (exact) mass is 315 g/mol. The Balaban J connectivity index is 1.76. The van der Waals surface area contributed by atoms with Gasteiger partial charge in [0.2, 0.25) is 0 Å². The number of nitrogens with one attached hydrogen (secondary N) is 1. The predicted octanol–water partition coefficient (Wildman–Crippen LogP) is 5.30. The topological polar surface area (TPSA) is 31.9 Å². The third kappa shape index (κ3) is 2.42. The lowest BCUT2D eigenvalue weighted by Crippen LogP contribution is -2.26. The molecule has 0 fully saturated rings. The van der Waals surface area contributed by atoms with E-state index in [-0.39, 0.29) is 6.04 Å². The summed E-state index contributed by atoms with van der Waals surface area (Å²) in [5.41, 5.74) is 4.71. The summed E-state index contributed by atoms with van der Waals surface area (Å²) < 4.78 is 0. The highest BCUT2D eigenvalue weighted by molar-refractivity contribution is 5.85. The molecule has 0 aliphatic heterocycles. The number of anilines is 1. The summed E-state index contributed by atoms with van der Waals surface area (Å²) in [6.07, 6.45) is 4.11. The van der Waals surface area contributed by atoms with Gasteiger partial charge in [-0.2, -0.15) is 0 Å². The molecule has 0 bridgehead atoms. The third-order valence-corrected chi connectivity index (χ3v) is 4.79. The number of aromatic nitrogens is 2. The summed E-state index contributed by atoms with van der Waals surface area (Å²) in [4.78, 5) is 10.4. The quantitative estimate of drug-likeness (QED) is 0.554. The van der Waals surface area contributed by atoms with Crippen LogP contribution in [0.1, 0.15) is 25.5 Å². The number of H-pyrrole nitrogens is 1. The Kier molecular flexibility index (Phi) is 3.69. The van der Waals surface area contributed by atoms with Crippen LogP contribution in [0.4, 0.5) is 5.69 Å². The van der Waals surface area contributed by atoms with Crippen LogP contribution in [0.3, 0.4) is 0 Å². The molecule has 2 aromatic carbocycles. The largest absolute Gasteiger partial charge is 0.364 e. The summed E-state index contributed by atoms with van der Waals surface area (Å²) in [6.45, 7) is 5.38. The number of rotatable bonds is 4. The van der Waals surface area contributed by atoms with Crippen LogP contribution in [0.15, 0.2) is 67.0 Å². The van der Waals surface area contributed by atoms with Crippen LogP contribution in [-0.2, 0) is 0 Å². The summed E-state index contributed by atoms with van der Waals surface area (Å²) in [7, 11) is 0. The minimum Gasteiger partial charge on any atom is -0.364 e. The zero-order valence-electron chi connectivity index (χ0n) is 14.0. The van der Waals surface area contributed by atoms with Crippen LogP contribution < -0.4 is 4.90 Å². The Morgan fingerprint density at radius 2 is 1.88 bits per heavy atom. The standard InChI is InChI=1S/C21H21N3/c1-3-24(17-12-16-8-4-6-10-20(16)22-13-17)15(2)19-14-23-21-11-7-5-9-18(19)21/h4-15,23H,3H2,1-2H3. The SMILES string of the molecule is CCN(c1cnc2ccccc2c1)C(C)c1c[nH]c2ccccc12. The fourth-order valence-electron chi connectivity index (χ4n) is 3.50. The molecule has 0 saturated heterocycles. The average molecular weight is 315 g/mol. The molecule has 1 atom stereocenters. The summed E-state index contributed by atoms with van der Waals surface area (Å²) in [5, 5.41) is 2.47. The second-order valence-corrected chi connectivity index (χ2v) is 6.14. The number of nitrogens with zero attached hydrogens (tertiary/aromatic N) is 2. The molecule has 4 aromatic rings. The Labute approximate surface area is 142 Å². The molecule has 1 N–H and O–H groups in total. The molecule has 3 nitrogen and oxygen atoms in total. The molecular formula is C21H21N3. The van der Waals surface area contributed by atoms with E-state index in [4.69, 9.17) is 0 Å². The summed E-state index contributed by atoms with van der Waals surface area (Å²) in [6, 6.07) is 19.2. The van der Waals surface area contributed by atoms with Crippen molar-refractivity contribution in [3.63, 3.8) is 0 Å². The smallest absolute Gasteiger partial charge is 0.0703 e. The Morgan fingerprint density at radius 3 is 2.75 bits per heavy atom. The first-order valence-electron chi connectivity index (χ1n) is 8.45. The van der Waals surface area contributed by atoms with Crippen molar-refractivity contribution in [2.24, 2.45) is 0 Å². The minimum atomic E-state index is 0.272. The van der Waals surface area contributed by atoms with Gasteiger partial charge in [0.25, 0.3) is 0 Å². The van der Waals surface area contributed by atoms with Gasteiger partial charge < -0.3 is 9.88 Å². The Morgan fingerprint density at radius 1 is 1.08 bits per heavy atom. The fraction of sp³-hybridized carbons (Fsp3) is 0.190. The van der Waals surface area contributed by atoms with Crippen molar-refractivity contribution in [3.05, 3.63) is 72.6 Å². The molecule has 120 valence electrons. The highest BCUT2D eigenvalue weighted by Crippen LogP contribution is 2.32. The van der Waals surface area contributed by atoms with Gasteiger partial charge in [-0.1, -0.05) is 36.4 Å². The molecule has 2 heterocycles. The molecule has 0 aliphatic carbocycles. The molecule has 1 unspecified atom stereocenters. The van der Waals surface area contributed by atoms with Gasteiger partial charge in [0.1, 0.15) is 0 Å². The number of pyridine rings is 1. The summed E-state index contributed by atoms with van der Waals surface area (Å²) in [5.74, 6) is 0. The van der Waals surface area contributed by atoms with E-state index < -0.39 is 0 Å². The molecule has 24 heavy (non-hydrogen) atoms. The van der Waals surface area contributed by atoms with Gasteiger partial charge in [0.05, 0.1) is 23.4 Å². The van der Waals surface area contributed by atoms with Gasteiger partial charge in [-0.15, -0.1) is 0 Å². The number of aromatic amines is 1. The van der Waals surface area contributed by atoms with Crippen LogP contribution >= 0.6 is 0 Å². The maximum Gasteiger partial charge on any atom is 0.0703 e. The van der Waals surface area contributed by atoms with Crippen molar-refractivity contribution >= 4 is 27.5 Å². The van der Waals surface area contributed by atoms with Crippen LogP contribution in [0.2, 0.25) is 0 Å². The number of benzene rings is 2. The van der Waals surface area contributed by atoms with Crippen molar-refractivity contribution in [3.8, 4) is 0 Å². The fourth-order valence-corrected chi connectivity index (χ4v) is 3.50. The van der Waals surface area contributed by atoms with Crippen LogP contribution in [0, 0.1) is 0 Å². The molecule has 4 rings (SSSR count). The predicted molar refractivity (Wildman–Crippen MR) is 101 cm³/mol. The molecule has 2 aromatic heterocycles. The highest BCUT2D eigenvalue weighted by Gasteiger charge is 2.18. The molecule has 0 radical (unpaired) electrons. The van der Waals surface area contributed by atoms with Gasteiger partial charge in [0.15, 0.2) is 0 Å². The first-order chi connectivity index (χ1) is 11.8. The lowest BCUT2D eigenvalue weighted by molar-refractivity contribution is 0.694. The van der Waals surface area contributed by atoms with E-state index in [9.17, 15) is 0 Å². The zero-order valence-corrected chi connectivity index (χ0v) is 14.0. The van der Waals surface area contributed by atoms with Gasteiger partial charge in [-0.3, -0.25) is 4.98 Å². The van der Waals surface area contributed by atoms with E-state index in [0.29, 0.717) is 0 Å². The van der Waals surface area contributed by atoms with Crippen LogP contribution in [0.25, 0.3) is 21.8 Å². The first-order valence-corrected chi connectivity index (χ1v) is 8.45. The first kappa shape index (κ1) is 14.8. The Bertz CT molecular complexity index is 986. The van der Waals surface area contributed by atoms with Crippen molar-refractivity contribution < 1.29 is 0 Å². The number of hydrogen-bond donors (Lipinski definition) is 1. The molecule has 0 amide bonds. The molecule has 0 saturated carbocycles. The van der Waals surface area contributed by atoms with Crippen molar-refractivity contribution in [2.45, 2.75) is 19.9 Å². The second-order valence-electron chi connectivity index (χ2n) is 6.14. The maximum atomic E-state index is 4.63. The highest BCUT2D eigenvalue weighted by atomic mass is 15.2. The maximum absolute atomic E-state index is 4.63. The van der Waals surface area contributed by atoms with Crippen LogP contribution in [0.5, 0.6) is 0 Å². The molecule has 0 spiro atoms. The molecule has 3 heteroatoms. The minimum absolute atomic E-state index is 0.272. The Hall–Kier alpha value is -2.81. The lowest BCUT2D eigenvalue weighted by Gasteiger charge is -2.30. The number of para-hydroxylation sites is 2. The van der Waals surface area contributed by atoms with E-state index in [2.05, 4.69) is 83.4 Å². The van der Waals surface area contributed by atoms with Gasteiger partial charge in [0, 0.05) is 29.0 Å². The van der Waals surface area contributed by atoms with Gasteiger partial charge in [-0.05, 0) is 37.6 Å². The van der Waals surface area contributed by atoms with Crippen molar-refractivity contribution in [1.82, 2.24) is 9.97 Å². The van der Waals surface area contributed by atoms with Crippen molar-refractivity contribution in [2.75, 3.05) is 11.4 Å². The third-order valence-electron chi connectivity index (χ3n) is 4.79. The van der Waals surface area contributed by atoms with E-state index in [1.807, 2.05) is 12.3 Å². The average Bonchev–Trinajstić information content (AvgIpc) is 3.06. The second kappa shape index (κ2) is 6.00. The normalized spacial score (nSPS) is 12.6. The van der Waals surface area contributed by atoms with Gasteiger partial charge in [-0.25, -0.2) is 0 Å². The lowest BCUT2D eigenvalue weighted by atomic mass is 10.0. The molecule has 0 aliphatic rings. The van der Waals surface area contributed by atoms with E-state index in [1.165, 1.54) is 21.9 Å². The summed E-state index contributed by atoms with van der Waals surface area (Å²) >= 11 is 0. The van der Waals surface area contributed by atoms with Gasteiger partial charge >= 0.3 is 0 Å². The van der Waals surface area contributed by atoms with Crippen molar-refractivity contribution in [1.29, 1.82) is 0 Å². The van der Waals surface area contributed by atoms with Crippen LogP contribution in [-0.4, -0.2) is 16.5 Å². The number of hydrogen-bond acceptors (Lipinski definition) is 2. The van der Waals surface area contributed by atoms with E-state index in [0.717, 1.165) is 17.7 Å². The zero-order chi connectivity index (χ0) is 16.5. The molecular weight excluding hydrogens is 294 g/mol. The number of fused-ring (bicyclic) bond motifs is 2. The van der Waals surface area contributed by atoms with E-state index >= 15 is 0 Å². The van der Waals surface area contributed by atoms with E-state index in [1.54, 1.807) is 0 Å².